The first-order chi connectivity index (χ1) is 10.7. The van der Waals surface area contributed by atoms with E-state index in [1.807, 2.05) is 60.7 Å². The molecule has 4 heteroatoms. The van der Waals surface area contributed by atoms with Gasteiger partial charge < -0.3 is 5.32 Å². The van der Waals surface area contributed by atoms with Gasteiger partial charge in [0.2, 0.25) is 0 Å². The lowest BCUT2D eigenvalue weighted by atomic mass is 10.0. The number of hydrogen-bond acceptors (Lipinski definition) is 2. The van der Waals surface area contributed by atoms with E-state index in [1.54, 1.807) is 13.1 Å². The zero-order valence-electron chi connectivity index (χ0n) is 12.1. The van der Waals surface area contributed by atoms with Crippen molar-refractivity contribution in [2.24, 2.45) is 0 Å². The van der Waals surface area contributed by atoms with Crippen molar-refractivity contribution in [2.45, 2.75) is 9.79 Å². The highest BCUT2D eigenvalue weighted by atomic mass is 32.2. The van der Waals surface area contributed by atoms with Gasteiger partial charge in [0.1, 0.15) is 0 Å². The van der Waals surface area contributed by atoms with Gasteiger partial charge in [-0.2, -0.15) is 0 Å². The molecular weight excluding hydrogens is 294 g/mol. The third-order valence-corrected chi connectivity index (χ3v) is 4.94. The highest BCUT2D eigenvalue weighted by molar-refractivity contribution is 7.85. The van der Waals surface area contributed by atoms with E-state index in [-0.39, 0.29) is 5.91 Å². The molecule has 0 fully saturated rings. The summed E-state index contributed by atoms with van der Waals surface area (Å²) in [6.07, 6.45) is 0. The molecule has 0 saturated heterocycles. The fraction of sp³-hybridized carbons (Fsp3) is 0.0556. The van der Waals surface area contributed by atoms with Gasteiger partial charge in [-0.1, -0.05) is 42.5 Å². The van der Waals surface area contributed by atoms with Crippen LogP contribution in [-0.2, 0) is 10.8 Å². The maximum absolute atomic E-state index is 12.9. The van der Waals surface area contributed by atoms with Crippen LogP contribution in [0.3, 0.4) is 0 Å². The molecule has 22 heavy (non-hydrogen) atoms. The molecule has 0 aliphatic carbocycles. The Balaban J connectivity index is 2.26. The van der Waals surface area contributed by atoms with Gasteiger partial charge in [0.05, 0.1) is 15.7 Å². The maximum Gasteiger partial charge on any atom is 0.251 e. The molecule has 0 aliphatic rings. The van der Waals surface area contributed by atoms with E-state index in [0.717, 1.165) is 15.7 Å². The van der Waals surface area contributed by atoms with Crippen molar-refractivity contribution >= 4 is 27.5 Å². The van der Waals surface area contributed by atoms with E-state index in [4.69, 9.17) is 0 Å². The van der Waals surface area contributed by atoms with Crippen LogP contribution in [-0.4, -0.2) is 17.2 Å². The minimum atomic E-state index is -1.33. The maximum atomic E-state index is 12.9. The fourth-order valence-electron chi connectivity index (χ4n) is 2.46. The van der Waals surface area contributed by atoms with Crippen LogP contribution in [0.1, 0.15) is 10.4 Å². The number of rotatable bonds is 3. The lowest BCUT2D eigenvalue weighted by Crippen LogP contribution is -2.18. The molecule has 110 valence electrons. The molecule has 0 aromatic heterocycles. The summed E-state index contributed by atoms with van der Waals surface area (Å²) in [5, 5.41) is 4.29. The highest BCUT2D eigenvalue weighted by Crippen LogP contribution is 2.28. The van der Waals surface area contributed by atoms with E-state index in [0.29, 0.717) is 10.5 Å². The normalized spacial score (nSPS) is 12.0. The molecular formula is C18H15NO2S. The van der Waals surface area contributed by atoms with Crippen LogP contribution in [0, 0.1) is 0 Å². The molecule has 1 amide bonds. The first-order valence-electron chi connectivity index (χ1n) is 6.93. The van der Waals surface area contributed by atoms with E-state index >= 15 is 0 Å². The lowest BCUT2D eigenvalue weighted by molar-refractivity contribution is 0.0964. The number of carbonyl (C=O) groups excluding carboxylic acids is 1. The zero-order chi connectivity index (χ0) is 15.5. The van der Waals surface area contributed by atoms with Gasteiger partial charge in [-0.3, -0.25) is 4.79 Å². The Morgan fingerprint density at radius 2 is 1.59 bits per heavy atom. The predicted octanol–water partition coefficient (Wildman–Crippen LogP) is 3.37. The van der Waals surface area contributed by atoms with Crippen molar-refractivity contribution in [2.75, 3.05) is 7.05 Å². The van der Waals surface area contributed by atoms with Gasteiger partial charge in [-0.15, -0.1) is 0 Å². The number of nitrogens with one attached hydrogen (secondary N) is 1. The fourth-order valence-corrected chi connectivity index (χ4v) is 3.73. The van der Waals surface area contributed by atoms with E-state index < -0.39 is 10.8 Å². The molecule has 3 nitrogen and oxygen atoms in total. The second-order valence-electron chi connectivity index (χ2n) is 4.82. The summed E-state index contributed by atoms with van der Waals surface area (Å²) in [4.78, 5) is 13.5. The summed E-state index contributed by atoms with van der Waals surface area (Å²) in [6, 6.07) is 20.4. The SMILES string of the molecule is CNC(=O)c1cccc2cccc([S@@](=O)c3ccccc3)c12. The summed E-state index contributed by atoms with van der Waals surface area (Å²) in [7, 11) is 0.265. The second kappa shape index (κ2) is 6.12. The van der Waals surface area contributed by atoms with Crippen LogP contribution in [0.2, 0.25) is 0 Å². The molecule has 1 N–H and O–H groups in total. The van der Waals surface area contributed by atoms with Crippen molar-refractivity contribution in [1.29, 1.82) is 0 Å². The van der Waals surface area contributed by atoms with E-state index in [1.165, 1.54) is 0 Å². The van der Waals surface area contributed by atoms with Crippen LogP contribution < -0.4 is 5.32 Å². The summed E-state index contributed by atoms with van der Waals surface area (Å²) < 4.78 is 12.9. The van der Waals surface area contributed by atoms with Gasteiger partial charge >= 0.3 is 0 Å². The Morgan fingerprint density at radius 1 is 0.909 bits per heavy atom. The average Bonchev–Trinajstić information content (AvgIpc) is 2.60. The molecule has 0 spiro atoms. The van der Waals surface area contributed by atoms with Crippen molar-refractivity contribution in [1.82, 2.24) is 5.32 Å². The first kappa shape index (κ1) is 14.5. The summed E-state index contributed by atoms with van der Waals surface area (Å²) in [5.74, 6) is -0.178. The van der Waals surface area contributed by atoms with Crippen molar-refractivity contribution < 1.29 is 9.00 Å². The summed E-state index contributed by atoms with van der Waals surface area (Å²) in [5.41, 5.74) is 0.542. The van der Waals surface area contributed by atoms with E-state index in [9.17, 15) is 9.00 Å². The predicted molar refractivity (Wildman–Crippen MR) is 88.5 cm³/mol. The number of fused-ring (bicyclic) bond motifs is 1. The van der Waals surface area contributed by atoms with Gasteiger partial charge in [0.15, 0.2) is 0 Å². The second-order valence-corrected chi connectivity index (χ2v) is 6.27. The molecule has 0 aliphatic heterocycles. The third kappa shape index (κ3) is 2.53. The quantitative estimate of drug-likeness (QED) is 0.806. The molecule has 3 aromatic rings. The Labute approximate surface area is 131 Å². The Morgan fingerprint density at radius 3 is 2.27 bits per heavy atom. The Kier molecular flexibility index (Phi) is 4.02. The number of hydrogen-bond donors (Lipinski definition) is 1. The number of amides is 1. The van der Waals surface area contributed by atoms with Crippen molar-refractivity contribution in [3.05, 3.63) is 72.3 Å². The van der Waals surface area contributed by atoms with Crippen molar-refractivity contribution in [3.63, 3.8) is 0 Å². The van der Waals surface area contributed by atoms with Crippen LogP contribution in [0.4, 0.5) is 0 Å². The van der Waals surface area contributed by atoms with Gasteiger partial charge in [0, 0.05) is 22.9 Å². The average molecular weight is 309 g/mol. The molecule has 0 radical (unpaired) electrons. The van der Waals surface area contributed by atoms with Gasteiger partial charge in [-0.05, 0) is 29.7 Å². The molecule has 0 saturated carbocycles. The van der Waals surface area contributed by atoms with Gasteiger partial charge in [0.25, 0.3) is 5.91 Å². The Hall–Kier alpha value is -2.46. The standard InChI is InChI=1S/C18H15NO2S/c1-19-18(20)15-11-5-7-13-8-6-12-16(17(13)15)22(21)14-9-3-2-4-10-14/h2-12H,1H3,(H,19,20)/t22-/m0/s1. The molecule has 0 unspecified atom stereocenters. The van der Waals surface area contributed by atoms with E-state index in [2.05, 4.69) is 5.32 Å². The minimum Gasteiger partial charge on any atom is -0.355 e. The van der Waals surface area contributed by atoms with Crippen LogP contribution >= 0.6 is 0 Å². The van der Waals surface area contributed by atoms with Crippen molar-refractivity contribution in [3.8, 4) is 0 Å². The first-order valence-corrected chi connectivity index (χ1v) is 8.08. The number of carbonyl (C=O) groups is 1. The molecule has 1 atom stereocenters. The summed E-state index contributed by atoms with van der Waals surface area (Å²) in [6.45, 7) is 0. The monoisotopic (exact) mass is 309 g/mol. The smallest absolute Gasteiger partial charge is 0.251 e. The lowest BCUT2D eigenvalue weighted by Gasteiger charge is -2.11. The largest absolute Gasteiger partial charge is 0.355 e. The van der Waals surface area contributed by atoms with Gasteiger partial charge in [-0.25, -0.2) is 4.21 Å². The molecule has 0 bridgehead atoms. The van der Waals surface area contributed by atoms with Crippen LogP contribution in [0.15, 0.2) is 76.5 Å². The molecule has 3 rings (SSSR count). The highest BCUT2D eigenvalue weighted by Gasteiger charge is 2.16. The summed E-state index contributed by atoms with van der Waals surface area (Å²) >= 11 is 0. The Bertz CT molecular complexity index is 854. The van der Waals surface area contributed by atoms with Crippen LogP contribution in [0.25, 0.3) is 10.8 Å². The molecule has 3 aromatic carbocycles. The third-order valence-electron chi connectivity index (χ3n) is 3.50. The molecule has 0 heterocycles. The minimum absolute atomic E-state index is 0.178. The zero-order valence-corrected chi connectivity index (χ0v) is 12.9. The topological polar surface area (TPSA) is 46.2 Å². The van der Waals surface area contributed by atoms with Crippen LogP contribution in [0.5, 0.6) is 0 Å². The number of benzene rings is 3.